The molecule has 1 saturated heterocycles. The lowest BCUT2D eigenvalue weighted by atomic mass is 10.0. The molecule has 9 heteroatoms. The molecule has 0 saturated carbocycles. The quantitative estimate of drug-likeness (QED) is 0.810. The molecule has 0 aromatic heterocycles. The van der Waals surface area contributed by atoms with Crippen LogP contribution in [0.4, 0.5) is 0 Å². The number of nitrogens with two attached hydrogens (primary N) is 1. The van der Waals surface area contributed by atoms with Crippen molar-refractivity contribution in [1.29, 1.82) is 0 Å². The minimum absolute atomic E-state index is 0.0528. The summed E-state index contributed by atoms with van der Waals surface area (Å²) in [5, 5.41) is 8.06. The monoisotopic (exact) mass is 396 g/mol. The molecule has 1 unspecified atom stereocenters. The van der Waals surface area contributed by atoms with Gasteiger partial charge < -0.3 is 10.1 Å². The summed E-state index contributed by atoms with van der Waals surface area (Å²) in [6, 6.07) is 2.50. The summed E-state index contributed by atoms with van der Waals surface area (Å²) in [4.78, 5) is 12.1. The molecule has 1 aliphatic heterocycles. The molecule has 0 aliphatic carbocycles. The van der Waals surface area contributed by atoms with Crippen LogP contribution in [0, 0.1) is 0 Å². The van der Waals surface area contributed by atoms with Gasteiger partial charge in [-0.15, -0.1) is 0 Å². The fourth-order valence-corrected chi connectivity index (χ4v) is 4.04. The van der Waals surface area contributed by atoms with E-state index in [-0.39, 0.29) is 20.0 Å². The van der Waals surface area contributed by atoms with Crippen LogP contribution in [0.3, 0.4) is 0 Å². The topological polar surface area (TPSA) is 98.5 Å². The Morgan fingerprint density at radius 2 is 2.19 bits per heavy atom. The number of amides is 1. The van der Waals surface area contributed by atoms with Crippen LogP contribution in [0.5, 0.6) is 0 Å². The van der Waals surface area contributed by atoms with E-state index in [2.05, 4.69) is 21.2 Å². The number of hydrogen-bond acceptors (Lipinski definition) is 4. The molecule has 2 rings (SSSR count). The Labute approximate surface area is 136 Å². The molecule has 1 fully saturated rings. The number of primary sulfonamides is 1. The Morgan fingerprint density at radius 1 is 1.52 bits per heavy atom. The Morgan fingerprint density at radius 3 is 2.71 bits per heavy atom. The fraction of sp³-hybridized carbons (Fsp3) is 0.417. The standard InChI is InChI=1S/C12H14BrClN2O4S/c1-12(2-3-20-6-12)16-11(17)7-4-10(21(15,18)19)8(13)5-9(7)14/h4-5H,2-3,6H2,1H3,(H,16,17)(H2,15,18,19). The summed E-state index contributed by atoms with van der Waals surface area (Å²) < 4.78 is 28.5. The molecule has 1 aromatic rings. The third-order valence-electron chi connectivity index (χ3n) is 3.21. The van der Waals surface area contributed by atoms with Gasteiger partial charge in [-0.2, -0.15) is 0 Å². The van der Waals surface area contributed by atoms with Crippen molar-refractivity contribution in [2.45, 2.75) is 23.8 Å². The number of nitrogens with one attached hydrogen (secondary N) is 1. The van der Waals surface area contributed by atoms with Crippen LogP contribution in [-0.2, 0) is 14.8 Å². The molecular formula is C12H14BrClN2O4S. The summed E-state index contributed by atoms with van der Waals surface area (Å²) in [5.41, 5.74) is -0.438. The number of hydrogen-bond donors (Lipinski definition) is 2. The zero-order chi connectivity index (χ0) is 15.8. The van der Waals surface area contributed by atoms with Crippen molar-refractivity contribution in [2.75, 3.05) is 13.2 Å². The lowest BCUT2D eigenvalue weighted by Crippen LogP contribution is -2.46. The van der Waals surface area contributed by atoms with Crippen molar-refractivity contribution >= 4 is 43.5 Å². The van der Waals surface area contributed by atoms with E-state index in [4.69, 9.17) is 21.5 Å². The molecule has 1 heterocycles. The van der Waals surface area contributed by atoms with Gasteiger partial charge in [-0.1, -0.05) is 11.6 Å². The highest BCUT2D eigenvalue weighted by atomic mass is 79.9. The number of benzene rings is 1. The van der Waals surface area contributed by atoms with Gasteiger partial charge in [0.15, 0.2) is 0 Å². The molecular weight excluding hydrogens is 384 g/mol. The number of halogens is 2. The van der Waals surface area contributed by atoms with Crippen molar-refractivity contribution in [3.63, 3.8) is 0 Å². The number of ether oxygens (including phenoxy) is 1. The molecule has 1 atom stereocenters. The van der Waals surface area contributed by atoms with Gasteiger partial charge in [-0.3, -0.25) is 4.79 Å². The zero-order valence-electron chi connectivity index (χ0n) is 11.2. The zero-order valence-corrected chi connectivity index (χ0v) is 14.3. The van der Waals surface area contributed by atoms with Crippen molar-refractivity contribution in [3.05, 3.63) is 27.2 Å². The fourth-order valence-electron chi connectivity index (χ4n) is 2.03. The molecule has 3 N–H and O–H groups in total. The lowest BCUT2D eigenvalue weighted by molar-refractivity contribution is 0.0890. The van der Waals surface area contributed by atoms with Gasteiger partial charge in [0.25, 0.3) is 5.91 Å². The molecule has 0 spiro atoms. The summed E-state index contributed by atoms with van der Waals surface area (Å²) in [7, 11) is -3.96. The van der Waals surface area contributed by atoms with E-state index in [1.807, 2.05) is 6.92 Å². The van der Waals surface area contributed by atoms with E-state index >= 15 is 0 Å². The Bertz CT molecular complexity index is 687. The second-order valence-corrected chi connectivity index (χ2v) is 7.92. The third kappa shape index (κ3) is 3.75. The van der Waals surface area contributed by atoms with Crippen LogP contribution in [0.25, 0.3) is 0 Å². The number of sulfonamides is 1. The van der Waals surface area contributed by atoms with Crippen LogP contribution in [-0.4, -0.2) is 33.1 Å². The average molecular weight is 398 g/mol. The van der Waals surface area contributed by atoms with Gasteiger partial charge in [-0.25, -0.2) is 13.6 Å². The van der Waals surface area contributed by atoms with Crippen LogP contribution in [0.15, 0.2) is 21.5 Å². The first-order chi connectivity index (χ1) is 9.62. The normalized spacial score (nSPS) is 22.3. The minimum Gasteiger partial charge on any atom is -0.379 e. The third-order valence-corrected chi connectivity index (χ3v) is 5.39. The van der Waals surface area contributed by atoms with Gasteiger partial charge in [0.2, 0.25) is 10.0 Å². The van der Waals surface area contributed by atoms with Gasteiger partial charge in [0.05, 0.1) is 27.6 Å². The molecule has 6 nitrogen and oxygen atoms in total. The predicted molar refractivity (Wildman–Crippen MR) is 81.8 cm³/mol. The number of carbonyl (C=O) groups excluding carboxylic acids is 1. The first-order valence-electron chi connectivity index (χ1n) is 6.04. The molecule has 1 aromatic carbocycles. The minimum atomic E-state index is -3.96. The summed E-state index contributed by atoms with van der Waals surface area (Å²) in [6.07, 6.45) is 0.676. The van der Waals surface area contributed by atoms with Crippen molar-refractivity contribution in [2.24, 2.45) is 5.14 Å². The molecule has 0 bridgehead atoms. The van der Waals surface area contributed by atoms with E-state index < -0.39 is 21.5 Å². The highest BCUT2D eigenvalue weighted by Crippen LogP contribution is 2.29. The van der Waals surface area contributed by atoms with Gasteiger partial charge in [0.1, 0.15) is 0 Å². The first-order valence-corrected chi connectivity index (χ1v) is 8.76. The van der Waals surface area contributed by atoms with Crippen molar-refractivity contribution in [1.82, 2.24) is 5.32 Å². The Hall–Kier alpha value is -0.670. The number of carbonyl (C=O) groups is 1. The molecule has 1 amide bonds. The van der Waals surface area contributed by atoms with Crippen LogP contribution in [0.2, 0.25) is 5.02 Å². The van der Waals surface area contributed by atoms with Gasteiger partial charge >= 0.3 is 0 Å². The predicted octanol–water partition coefficient (Wildman–Crippen LogP) is 1.66. The molecule has 116 valence electrons. The van der Waals surface area contributed by atoms with Crippen LogP contribution in [0.1, 0.15) is 23.7 Å². The largest absolute Gasteiger partial charge is 0.379 e. The molecule has 1 aliphatic rings. The second-order valence-electron chi connectivity index (χ2n) is 5.12. The lowest BCUT2D eigenvalue weighted by Gasteiger charge is -2.24. The summed E-state index contributed by atoms with van der Waals surface area (Å²) >= 11 is 9.09. The maximum Gasteiger partial charge on any atom is 0.253 e. The first kappa shape index (κ1) is 16.7. The van der Waals surface area contributed by atoms with Crippen molar-refractivity contribution < 1.29 is 17.9 Å². The number of rotatable bonds is 3. The summed E-state index contributed by atoms with van der Waals surface area (Å²) in [5.74, 6) is -0.467. The Balaban J connectivity index is 2.37. The molecule has 21 heavy (non-hydrogen) atoms. The highest BCUT2D eigenvalue weighted by molar-refractivity contribution is 9.10. The van der Waals surface area contributed by atoms with Crippen molar-refractivity contribution in [3.8, 4) is 0 Å². The van der Waals surface area contributed by atoms with Gasteiger partial charge in [0, 0.05) is 11.1 Å². The smallest absolute Gasteiger partial charge is 0.253 e. The molecule has 0 radical (unpaired) electrons. The van der Waals surface area contributed by atoms with E-state index in [0.29, 0.717) is 19.6 Å². The van der Waals surface area contributed by atoms with E-state index in [1.54, 1.807) is 0 Å². The Kier molecular flexibility index (Phi) is 4.65. The average Bonchev–Trinajstić information content (AvgIpc) is 2.73. The van der Waals surface area contributed by atoms with E-state index in [1.165, 1.54) is 6.07 Å². The second kappa shape index (κ2) is 5.85. The SMILES string of the molecule is CC1(NC(=O)c2cc(S(N)(=O)=O)c(Br)cc2Cl)CCOC1. The van der Waals surface area contributed by atoms with E-state index in [9.17, 15) is 13.2 Å². The van der Waals surface area contributed by atoms with Gasteiger partial charge in [-0.05, 0) is 41.4 Å². The maximum absolute atomic E-state index is 12.3. The maximum atomic E-state index is 12.3. The van der Waals surface area contributed by atoms with E-state index in [0.717, 1.165) is 6.07 Å². The van der Waals surface area contributed by atoms with Crippen LogP contribution >= 0.6 is 27.5 Å². The summed E-state index contributed by atoms with van der Waals surface area (Å²) in [6.45, 7) is 2.81. The van der Waals surface area contributed by atoms with Crippen LogP contribution < -0.4 is 10.5 Å². The highest BCUT2D eigenvalue weighted by Gasteiger charge is 2.32.